The Hall–Kier alpha value is -7.21. The third kappa shape index (κ3) is 6.66. The van der Waals surface area contributed by atoms with E-state index >= 15 is 0 Å². The molecule has 0 aliphatic heterocycles. The van der Waals surface area contributed by atoms with Gasteiger partial charge in [0.25, 0.3) is 0 Å². The third-order valence-electron chi connectivity index (χ3n) is 10.8. The standard InChI is InChI=1S/C47H23F12N3/c48-44(49,50)28-13-16-39-34(22-28)32-7-1-3-9-37(32)61(39)41-15-12-25(27-18-30(46(54,55)56)21-31(19-27)47(57,58)59)20-36(41)43-26(24-60)6-5-11-42(43)62-38-10-4-2-8-33(38)35-23-29(45(51,52)53)14-17-40(35)62/h1-23H. The molecule has 62 heavy (non-hydrogen) atoms. The molecule has 0 saturated heterocycles. The number of hydrogen-bond acceptors (Lipinski definition) is 1. The minimum atomic E-state index is -5.19. The number of rotatable bonds is 4. The molecule has 0 amide bonds. The van der Waals surface area contributed by atoms with Gasteiger partial charge < -0.3 is 9.13 Å². The van der Waals surface area contributed by atoms with Crippen LogP contribution >= 0.6 is 0 Å². The molecule has 7 aromatic carbocycles. The molecule has 3 nitrogen and oxygen atoms in total. The number of aromatic nitrogens is 2. The molecule has 0 aliphatic rings. The summed E-state index contributed by atoms with van der Waals surface area (Å²) in [6.45, 7) is 0. The van der Waals surface area contributed by atoms with Crippen LogP contribution in [0.3, 0.4) is 0 Å². The van der Waals surface area contributed by atoms with Gasteiger partial charge in [0.1, 0.15) is 0 Å². The van der Waals surface area contributed by atoms with Crippen molar-refractivity contribution in [3.8, 4) is 39.7 Å². The molecule has 0 saturated carbocycles. The molecule has 310 valence electrons. The lowest BCUT2D eigenvalue weighted by molar-refractivity contribution is -0.143. The summed E-state index contributed by atoms with van der Waals surface area (Å²) in [4.78, 5) is 0. The smallest absolute Gasteiger partial charge is 0.309 e. The summed E-state index contributed by atoms with van der Waals surface area (Å²) in [5.41, 5.74) is -4.07. The second-order valence-corrected chi connectivity index (χ2v) is 14.5. The van der Waals surface area contributed by atoms with Crippen molar-refractivity contribution in [2.45, 2.75) is 24.7 Å². The van der Waals surface area contributed by atoms with E-state index in [1.54, 1.807) is 63.7 Å². The van der Waals surface area contributed by atoms with Gasteiger partial charge in [0.05, 0.1) is 67.3 Å². The molecular formula is C47H23F12N3. The fourth-order valence-corrected chi connectivity index (χ4v) is 8.15. The maximum Gasteiger partial charge on any atom is 0.416 e. The van der Waals surface area contributed by atoms with E-state index < -0.39 is 52.5 Å². The fourth-order valence-electron chi connectivity index (χ4n) is 8.15. The SMILES string of the molecule is N#Cc1cccc(-n2c3ccccc3c3cc(C(F)(F)F)ccc32)c1-c1cc(-c2cc(C(F)(F)F)cc(C(F)(F)F)c2)ccc1-n1c2ccccc2c2cc(C(F)(F)F)ccc21. The minimum absolute atomic E-state index is 0.0123. The summed E-state index contributed by atoms with van der Waals surface area (Å²) < 4.78 is 172. The molecule has 15 heteroatoms. The molecular weight excluding hydrogens is 835 g/mol. The van der Waals surface area contributed by atoms with Crippen molar-refractivity contribution in [3.05, 3.63) is 167 Å². The van der Waals surface area contributed by atoms with Gasteiger partial charge in [0, 0.05) is 32.7 Å². The number of alkyl halides is 12. The van der Waals surface area contributed by atoms with Crippen LogP contribution in [0.2, 0.25) is 0 Å². The van der Waals surface area contributed by atoms with Gasteiger partial charge in [-0.3, -0.25) is 0 Å². The van der Waals surface area contributed by atoms with E-state index in [-0.39, 0.29) is 61.5 Å². The predicted molar refractivity (Wildman–Crippen MR) is 211 cm³/mol. The monoisotopic (exact) mass is 857 g/mol. The van der Waals surface area contributed by atoms with Crippen molar-refractivity contribution in [2.24, 2.45) is 0 Å². The topological polar surface area (TPSA) is 33.6 Å². The first-order chi connectivity index (χ1) is 29.2. The van der Waals surface area contributed by atoms with Crippen LogP contribution in [-0.4, -0.2) is 9.13 Å². The first kappa shape index (κ1) is 40.2. The molecule has 2 aromatic heterocycles. The van der Waals surface area contributed by atoms with Crippen molar-refractivity contribution < 1.29 is 52.7 Å². The molecule has 2 heterocycles. The number of nitrogens with zero attached hydrogens (tertiary/aromatic N) is 3. The maximum atomic E-state index is 14.2. The van der Waals surface area contributed by atoms with Crippen molar-refractivity contribution in [1.82, 2.24) is 9.13 Å². The van der Waals surface area contributed by atoms with Crippen LogP contribution in [0.15, 0.2) is 140 Å². The molecule has 0 bridgehead atoms. The van der Waals surface area contributed by atoms with Gasteiger partial charge in [0.15, 0.2) is 0 Å². The highest BCUT2D eigenvalue weighted by atomic mass is 19.4. The van der Waals surface area contributed by atoms with E-state index in [2.05, 4.69) is 6.07 Å². The van der Waals surface area contributed by atoms with Gasteiger partial charge in [0.2, 0.25) is 0 Å². The Balaban J connectivity index is 1.43. The van der Waals surface area contributed by atoms with Crippen LogP contribution < -0.4 is 0 Å². The molecule has 0 spiro atoms. The molecule has 9 rings (SSSR count). The number of fused-ring (bicyclic) bond motifs is 6. The number of hydrogen-bond donors (Lipinski definition) is 0. The summed E-state index contributed by atoms with van der Waals surface area (Å²) >= 11 is 0. The summed E-state index contributed by atoms with van der Waals surface area (Å²) in [6.07, 6.45) is -19.8. The Bertz CT molecular complexity index is 3290. The van der Waals surface area contributed by atoms with E-state index in [0.29, 0.717) is 33.9 Å². The molecule has 0 fully saturated rings. The highest BCUT2D eigenvalue weighted by Gasteiger charge is 2.38. The molecule has 0 unspecified atom stereocenters. The predicted octanol–water partition coefficient (Wildman–Crippen LogP) is 15.2. The Labute approximate surface area is 341 Å². The number of halogens is 12. The number of benzene rings is 7. The van der Waals surface area contributed by atoms with Gasteiger partial charge in [-0.05, 0) is 102 Å². The van der Waals surface area contributed by atoms with Crippen LogP contribution in [0.5, 0.6) is 0 Å². The van der Waals surface area contributed by atoms with Gasteiger partial charge >= 0.3 is 24.7 Å². The first-order valence-electron chi connectivity index (χ1n) is 18.4. The minimum Gasteiger partial charge on any atom is -0.309 e. The lowest BCUT2D eigenvalue weighted by Crippen LogP contribution is -2.11. The molecule has 0 aliphatic carbocycles. The van der Waals surface area contributed by atoms with Crippen molar-refractivity contribution in [3.63, 3.8) is 0 Å². The van der Waals surface area contributed by atoms with Crippen molar-refractivity contribution >= 4 is 43.6 Å². The Kier molecular flexibility index (Phi) is 9.02. The second-order valence-electron chi connectivity index (χ2n) is 14.5. The lowest BCUT2D eigenvalue weighted by Gasteiger charge is -2.21. The zero-order valence-electron chi connectivity index (χ0n) is 31.2. The number of para-hydroxylation sites is 2. The zero-order valence-corrected chi connectivity index (χ0v) is 31.2. The highest BCUT2D eigenvalue weighted by Crippen LogP contribution is 2.46. The molecule has 0 N–H and O–H groups in total. The Morgan fingerprint density at radius 1 is 0.371 bits per heavy atom. The van der Waals surface area contributed by atoms with Crippen LogP contribution in [0.25, 0.3) is 77.2 Å². The normalized spacial score (nSPS) is 12.8. The fraction of sp³-hybridized carbons (Fsp3) is 0.0851. The quantitative estimate of drug-likeness (QED) is 0.162. The van der Waals surface area contributed by atoms with E-state index in [4.69, 9.17) is 0 Å². The lowest BCUT2D eigenvalue weighted by atomic mass is 9.91. The summed E-state index contributed by atoms with van der Waals surface area (Å²) in [5, 5.41) is 11.8. The molecule has 0 atom stereocenters. The van der Waals surface area contributed by atoms with Crippen LogP contribution in [0.1, 0.15) is 27.8 Å². The van der Waals surface area contributed by atoms with Gasteiger partial charge in [-0.25, -0.2) is 0 Å². The first-order valence-corrected chi connectivity index (χ1v) is 18.4. The molecule has 0 radical (unpaired) electrons. The van der Waals surface area contributed by atoms with E-state index in [9.17, 15) is 57.9 Å². The van der Waals surface area contributed by atoms with Crippen LogP contribution in [-0.2, 0) is 24.7 Å². The Morgan fingerprint density at radius 3 is 1.32 bits per heavy atom. The summed E-state index contributed by atoms with van der Waals surface area (Å²) in [7, 11) is 0. The van der Waals surface area contributed by atoms with Gasteiger partial charge in [-0.2, -0.15) is 57.9 Å². The van der Waals surface area contributed by atoms with Gasteiger partial charge in [-0.1, -0.05) is 48.5 Å². The van der Waals surface area contributed by atoms with E-state index in [1.807, 2.05) is 0 Å². The van der Waals surface area contributed by atoms with Crippen molar-refractivity contribution in [1.29, 1.82) is 5.26 Å². The van der Waals surface area contributed by atoms with E-state index in [1.165, 1.54) is 42.5 Å². The highest BCUT2D eigenvalue weighted by molar-refractivity contribution is 6.12. The van der Waals surface area contributed by atoms with Gasteiger partial charge in [-0.15, -0.1) is 0 Å². The van der Waals surface area contributed by atoms with Crippen molar-refractivity contribution in [2.75, 3.05) is 0 Å². The zero-order chi connectivity index (χ0) is 44.1. The number of nitriles is 1. The second kappa shape index (κ2) is 13.9. The van der Waals surface area contributed by atoms with E-state index in [0.717, 1.165) is 24.3 Å². The van der Waals surface area contributed by atoms with Crippen LogP contribution in [0.4, 0.5) is 52.7 Å². The maximum absolute atomic E-state index is 14.2. The Morgan fingerprint density at radius 2 is 0.839 bits per heavy atom. The summed E-state index contributed by atoms with van der Waals surface area (Å²) in [5.74, 6) is 0. The third-order valence-corrected chi connectivity index (χ3v) is 10.8. The summed E-state index contributed by atoms with van der Waals surface area (Å²) in [6, 6.07) is 30.8. The van der Waals surface area contributed by atoms with Crippen LogP contribution in [0, 0.1) is 11.3 Å². The largest absolute Gasteiger partial charge is 0.416 e. The average Bonchev–Trinajstić information content (AvgIpc) is 3.74. The average molecular weight is 858 g/mol. The molecule has 9 aromatic rings.